The fourth-order valence-electron chi connectivity index (χ4n) is 1.88. The molecule has 0 atom stereocenters. The topological polar surface area (TPSA) is 65.5 Å². The van der Waals surface area contributed by atoms with Crippen LogP contribution in [0.2, 0.25) is 5.02 Å². The number of aromatic nitrogens is 1. The van der Waals surface area contributed by atoms with Crippen molar-refractivity contribution in [1.82, 2.24) is 4.98 Å². The molecule has 0 amide bonds. The number of benzene rings is 1. The minimum atomic E-state index is -3.82. The minimum absolute atomic E-state index is 0.0223. The van der Waals surface area contributed by atoms with Crippen LogP contribution in [-0.2, 0) is 9.05 Å². The van der Waals surface area contributed by atoms with Crippen molar-refractivity contribution in [2.24, 2.45) is 0 Å². The van der Waals surface area contributed by atoms with Crippen LogP contribution in [0.4, 0.5) is 0 Å². The lowest BCUT2D eigenvalue weighted by Crippen LogP contribution is -1.96. The van der Waals surface area contributed by atoms with E-state index in [1.807, 2.05) is 6.92 Å². The molecule has 0 aliphatic heterocycles. The highest BCUT2D eigenvalue weighted by atomic mass is 35.7. The predicted molar refractivity (Wildman–Crippen MR) is 88.1 cm³/mol. The van der Waals surface area contributed by atoms with Crippen LogP contribution in [0.15, 0.2) is 16.3 Å². The van der Waals surface area contributed by atoms with Crippen LogP contribution >= 0.6 is 33.6 Å². The van der Waals surface area contributed by atoms with Crippen molar-refractivity contribution in [1.29, 1.82) is 0 Å². The first-order chi connectivity index (χ1) is 10.3. The number of hydrogen-bond donors (Lipinski definition) is 0. The van der Waals surface area contributed by atoms with Gasteiger partial charge in [0.1, 0.15) is 5.01 Å². The van der Waals surface area contributed by atoms with Gasteiger partial charge in [0.05, 0.1) is 24.4 Å². The van der Waals surface area contributed by atoms with Crippen LogP contribution in [0.1, 0.15) is 12.6 Å². The van der Waals surface area contributed by atoms with Crippen molar-refractivity contribution in [3.05, 3.63) is 22.8 Å². The molecule has 0 aliphatic carbocycles. The summed E-state index contributed by atoms with van der Waals surface area (Å²) < 4.78 is 33.7. The van der Waals surface area contributed by atoms with Gasteiger partial charge in [-0.05, 0) is 26.0 Å². The molecule has 1 heterocycles. The molecular weight excluding hydrogens is 369 g/mol. The molecule has 0 N–H and O–H groups in total. The van der Waals surface area contributed by atoms with E-state index in [0.29, 0.717) is 39.4 Å². The lowest BCUT2D eigenvalue weighted by atomic mass is 10.2. The first-order valence-electron chi connectivity index (χ1n) is 6.20. The predicted octanol–water partition coefficient (Wildman–Crippen LogP) is 4.11. The van der Waals surface area contributed by atoms with E-state index in [9.17, 15) is 8.42 Å². The van der Waals surface area contributed by atoms with Gasteiger partial charge in [0.15, 0.2) is 15.7 Å². The Labute approximate surface area is 142 Å². The van der Waals surface area contributed by atoms with Crippen molar-refractivity contribution < 1.29 is 17.9 Å². The Morgan fingerprint density at radius 2 is 2.05 bits per heavy atom. The summed E-state index contributed by atoms with van der Waals surface area (Å²) in [6.07, 6.45) is 0. The van der Waals surface area contributed by atoms with Gasteiger partial charge in [-0.25, -0.2) is 13.4 Å². The van der Waals surface area contributed by atoms with E-state index in [1.165, 1.54) is 7.11 Å². The largest absolute Gasteiger partial charge is 0.491 e. The molecule has 120 valence electrons. The van der Waals surface area contributed by atoms with E-state index in [0.717, 1.165) is 11.3 Å². The van der Waals surface area contributed by atoms with Crippen LogP contribution in [0.5, 0.6) is 11.5 Å². The molecule has 0 radical (unpaired) electrons. The van der Waals surface area contributed by atoms with E-state index >= 15 is 0 Å². The average Bonchev–Trinajstić information content (AvgIpc) is 2.81. The van der Waals surface area contributed by atoms with Gasteiger partial charge >= 0.3 is 0 Å². The second-order valence-corrected chi connectivity index (χ2v) is 8.42. The molecule has 1 aromatic heterocycles. The Morgan fingerprint density at radius 1 is 1.36 bits per heavy atom. The average molecular weight is 382 g/mol. The van der Waals surface area contributed by atoms with Crippen LogP contribution in [0.25, 0.3) is 10.6 Å². The third kappa shape index (κ3) is 3.48. The molecule has 0 aliphatic rings. The van der Waals surface area contributed by atoms with Gasteiger partial charge in [0, 0.05) is 16.2 Å². The van der Waals surface area contributed by atoms with Gasteiger partial charge in [-0.3, -0.25) is 0 Å². The van der Waals surface area contributed by atoms with Crippen LogP contribution in [0.3, 0.4) is 0 Å². The number of rotatable bonds is 5. The Balaban J connectivity index is 2.59. The number of halogens is 2. The number of hydrogen-bond acceptors (Lipinski definition) is 6. The maximum absolute atomic E-state index is 11.5. The molecule has 2 aromatic rings. The normalized spacial score (nSPS) is 11.5. The molecule has 0 spiro atoms. The lowest BCUT2D eigenvalue weighted by molar-refractivity contribution is 0.311. The van der Waals surface area contributed by atoms with Crippen LogP contribution in [0, 0.1) is 6.92 Å². The molecule has 0 saturated carbocycles. The number of methoxy groups -OCH3 is 1. The molecule has 0 saturated heterocycles. The molecule has 5 nitrogen and oxygen atoms in total. The molecular formula is C13H13Cl2NO4S2. The molecule has 2 rings (SSSR count). The van der Waals surface area contributed by atoms with Crippen molar-refractivity contribution in [3.63, 3.8) is 0 Å². The minimum Gasteiger partial charge on any atom is -0.491 e. The molecule has 0 unspecified atom stereocenters. The summed E-state index contributed by atoms with van der Waals surface area (Å²) in [5.41, 5.74) is 0.980. The third-order valence-corrected chi connectivity index (χ3v) is 6.40. The van der Waals surface area contributed by atoms with Crippen molar-refractivity contribution >= 4 is 42.7 Å². The second kappa shape index (κ2) is 6.62. The van der Waals surface area contributed by atoms with Gasteiger partial charge in [-0.15, -0.1) is 11.3 Å². The fraction of sp³-hybridized carbons (Fsp3) is 0.308. The van der Waals surface area contributed by atoms with E-state index in [1.54, 1.807) is 19.1 Å². The first kappa shape index (κ1) is 17.3. The number of thiazole rings is 1. The van der Waals surface area contributed by atoms with E-state index in [2.05, 4.69) is 4.98 Å². The molecule has 0 bridgehead atoms. The van der Waals surface area contributed by atoms with Crippen molar-refractivity contribution in [3.8, 4) is 22.1 Å². The Hall–Kier alpha value is -1.02. The zero-order chi connectivity index (χ0) is 16.5. The van der Waals surface area contributed by atoms with Gasteiger partial charge in [-0.1, -0.05) is 11.6 Å². The van der Waals surface area contributed by atoms with Gasteiger partial charge in [0.2, 0.25) is 0 Å². The summed E-state index contributed by atoms with van der Waals surface area (Å²) in [4.78, 5) is 4.25. The third-order valence-electron chi connectivity index (χ3n) is 2.74. The monoisotopic (exact) mass is 381 g/mol. The second-order valence-electron chi connectivity index (χ2n) is 4.25. The molecule has 9 heteroatoms. The number of ether oxygens (including phenoxy) is 2. The standard InChI is InChI=1S/C13H13Cl2NO4S2/c1-4-20-10-6-8(5-9(14)11(10)19-3)12-16-7(2)13(21-12)22(15,17)18/h5-6H,4H2,1-3H3. The summed E-state index contributed by atoms with van der Waals surface area (Å²) in [5.74, 6) is 0.890. The molecule has 22 heavy (non-hydrogen) atoms. The highest BCUT2D eigenvalue weighted by Crippen LogP contribution is 2.41. The lowest BCUT2D eigenvalue weighted by Gasteiger charge is -2.12. The zero-order valence-electron chi connectivity index (χ0n) is 12.0. The quantitative estimate of drug-likeness (QED) is 0.729. The smallest absolute Gasteiger partial charge is 0.272 e. The first-order valence-corrected chi connectivity index (χ1v) is 9.71. The Kier molecular flexibility index (Phi) is 5.21. The van der Waals surface area contributed by atoms with Crippen LogP contribution in [-0.4, -0.2) is 27.1 Å². The molecule has 1 aromatic carbocycles. The van der Waals surface area contributed by atoms with E-state index in [-0.39, 0.29) is 4.21 Å². The summed E-state index contributed by atoms with van der Waals surface area (Å²) in [6.45, 7) is 3.87. The van der Waals surface area contributed by atoms with Gasteiger partial charge in [0.25, 0.3) is 9.05 Å². The highest BCUT2D eigenvalue weighted by molar-refractivity contribution is 8.15. The summed E-state index contributed by atoms with van der Waals surface area (Å²) in [5, 5.41) is 0.841. The number of aryl methyl sites for hydroxylation is 1. The van der Waals surface area contributed by atoms with Gasteiger partial charge < -0.3 is 9.47 Å². The maximum atomic E-state index is 11.5. The maximum Gasteiger partial charge on any atom is 0.272 e. The Morgan fingerprint density at radius 3 is 2.55 bits per heavy atom. The fourth-order valence-corrected chi connectivity index (χ4v) is 4.61. The summed E-state index contributed by atoms with van der Waals surface area (Å²) in [7, 11) is 3.07. The van der Waals surface area contributed by atoms with Crippen molar-refractivity contribution in [2.45, 2.75) is 18.1 Å². The molecule has 0 fully saturated rings. The zero-order valence-corrected chi connectivity index (χ0v) is 15.2. The SMILES string of the molecule is CCOc1cc(-c2nc(C)c(S(=O)(=O)Cl)s2)cc(Cl)c1OC. The number of nitrogens with zero attached hydrogens (tertiary/aromatic N) is 1. The summed E-state index contributed by atoms with van der Waals surface area (Å²) >= 11 is 7.17. The summed E-state index contributed by atoms with van der Waals surface area (Å²) in [6, 6.07) is 3.35. The van der Waals surface area contributed by atoms with Crippen LogP contribution < -0.4 is 9.47 Å². The van der Waals surface area contributed by atoms with Crippen molar-refractivity contribution in [2.75, 3.05) is 13.7 Å². The van der Waals surface area contributed by atoms with Gasteiger partial charge in [-0.2, -0.15) is 0 Å². The Bertz CT molecular complexity index is 803. The van der Waals surface area contributed by atoms with E-state index in [4.69, 9.17) is 31.8 Å². The highest BCUT2D eigenvalue weighted by Gasteiger charge is 2.21. The van der Waals surface area contributed by atoms with E-state index < -0.39 is 9.05 Å².